The topological polar surface area (TPSA) is 105 Å². The van der Waals surface area contributed by atoms with Crippen LogP contribution in [0.2, 0.25) is 0 Å². The molecule has 2 rings (SSSR count). The lowest BCUT2D eigenvalue weighted by Gasteiger charge is -2.32. The molecule has 1 heterocycles. The van der Waals surface area contributed by atoms with Crippen molar-refractivity contribution in [3.63, 3.8) is 0 Å². The van der Waals surface area contributed by atoms with E-state index in [9.17, 15) is 14.9 Å². The predicted octanol–water partition coefficient (Wildman–Crippen LogP) is 2.29. The molecule has 102 valence electrons. The molecule has 1 aliphatic carbocycles. The fraction of sp³-hybridized carbons (Fsp3) is 0.500. The Bertz CT molecular complexity index is 514. The van der Waals surface area contributed by atoms with E-state index >= 15 is 0 Å². The Kier molecular flexibility index (Phi) is 3.64. The summed E-state index contributed by atoms with van der Waals surface area (Å²) in [6.45, 7) is 1.93. The van der Waals surface area contributed by atoms with Crippen molar-refractivity contribution in [2.45, 2.75) is 32.2 Å². The van der Waals surface area contributed by atoms with Gasteiger partial charge >= 0.3 is 11.7 Å². The van der Waals surface area contributed by atoms with E-state index in [2.05, 4.69) is 10.3 Å². The van der Waals surface area contributed by atoms with Gasteiger partial charge < -0.3 is 10.4 Å². The van der Waals surface area contributed by atoms with Gasteiger partial charge in [-0.3, -0.25) is 10.1 Å². The number of hydrogen-bond acceptors (Lipinski definition) is 5. The zero-order chi connectivity index (χ0) is 14.0. The van der Waals surface area contributed by atoms with Gasteiger partial charge in [-0.05, 0) is 31.7 Å². The van der Waals surface area contributed by atoms with E-state index in [0.29, 0.717) is 5.92 Å². The molecular formula is C12H15N3O4. The van der Waals surface area contributed by atoms with Gasteiger partial charge in [0.25, 0.3) is 0 Å². The molecule has 7 heteroatoms. The van der Waals surface area contributed by atoms with Crippen molar-refractivity contribution in [3.8, 4) is 0 Å². The van der Waals surface area contributed by atoms with Crippen molar-refractivity contribution in [1.82, 2.24) is 4.98 Å². The molecule has 0 amide bonds. The van der Waals surface area contributed by atoms with Crippen LogP contribution in [-0.4, -0.2) is 27.0 Å². The van der Waals surface area contributed by atoms with Gasteiger partial charge in [-0.2, -0.15) is 0 Å². The number of aromatic carboxylic acids is 1. The molecule has 1 fully saturated rings. The number of hydrogen-bond donors (Lipinski definition) is 2. The van der Waals surface area contributed by atoms with Crippen molar-refractivity contribution < 1.29 is 14.8 Å². The Morgan fingerprint density at radius 3 is 2.74 bits per heavy atom. The third-order valence-electron chi connectivity index (χ3n) is 3.51. The molecule has 1 saturated carbocycles. The maximum Gasteiger partial charge on any atom is 0.354 e. The van der Waals surface area contributed by atoms with Crippen LogP contribution in [0.4, 0.5) is 11.5 Å². The number of rotatable bonds is 5. The molecule has 7 nitrogen and oxygen atoms in total. The standard InChI is InChI=1S/C12H15N3O4/c1-7(8-3-2-4-8)13-11-10(15(18)19)6-5-9(14-11)12(16)17/h5-8H,2-4H2,1H3,(H,13,14)(H,16,17). The molecule has 1 unspecified atom stereocenters. The summed E-state index contributed by atoms with van der Waals surface area (Å²) in [6, 6.07) is 2.36. The maximum atomic E-state index is 10.9. The first-order valence-electron chi connectivity index (χ1n) is 6.14. The fourth-order valence-electron chi connectivity index (χ4n) is 2.10. The summed E-state index contributed by atoms with van der Waals surface area (Å²) in [4.78, 5) is 25.0. The van der Waals surface area contributed by atoms with Crippen molar-refractivity contribution in [2.24, 2.45) is 5.92 Å². The molecule has 2 N–H and O–H groups in total. The lowest BCUT2D eigenvalue weighted by molar-refractivity contribution is -0.384. The summed E-state index contributed by atoms with van der Waals surface area (Å²) < 4.78 is 0. The SMILES string of the molecule is CC(Nc1nc(C(=O)O)ccc1[N+](=O)[O-])C1CCC1. The summed E-state index contributed by atoms with van der Waals surface area (Å²) in [6.07, 6.45) is 3.34. The molecule has 1 aliphatic rings. The number of carboxylic acids is 1. The third kappa shape index (κ3) is 2.81. The first-order valence-corrected chi connectivity index (χ1v) is 6.14. The number of carbonyl (C=O) groups is 1. The first-order chi connectivity index (χ1) is 8.99. The molecule has 1 aromatic rings. The van der Waals surface area contributed by atoms with Crippen LogP contribution in [-0.2, 0) is 0 Å². The average molecular weight is 265 g/mol. The number of nitrogens with one attached hydrogen (secondary N) is 1. The zero-order valence-electron chi connectivity index (χ0n) is 10.5. The molecule has 0 aromatic carbocycles. The average Bonchev–Trinajstić information content (AvgIpc) is 2.25. The molecule has 0 aliphatic heterocycles. The minimum Gasteiger partial charge on any atom is -0.477 e. The Morgan fingerprint density at radius 1 is 1.58 bits per heavy atom. The van der Waals surface area contributed by atoms with Crippen LogP contribution in [0.25, 0.3) is 0 Å². The highest BCUT2D eigenvalue weighted by molar-refractivity contribution is 5.86. The highest BCUT2D eigenvalue weighted by Gasteiger charge is 2.27. The van der Waals surface area contributed by atoms with Gasteiger partial charge in [0.05, 0.1) is 4.92 Å². The molecule has 1 aromatic heterocycles. The van der Waals surface area contributed by atoms with Crippen molar-refractivity contribution in [3.05, 3.63) is 27.9 Å². The van der Waals surface area contributed by atoms with E-state index in [1.807, 2.05) is 6.92 Å². The zero-order valence-corrected chi connectivity index (χ0v) is 10.5. The van der Waals surface area contributed by atoms with E-state index in [0.717, 1.165) is 18.9 Å². The molecule has 0 saturated heterocycles. The number of aromatic nitrogens is 1. The minimum atomic E-state index is -1.20. The lowest BCUT2D eigenvalue weighted by atomic mass is 9.80. The Labute approximate surface area is 109 Å². The number of pyridine rings is 1. The van der Waals surface area contributed by atoms with E-state index in [-0.39, 0.29) is 23.2 Å². The van der Waals surface area contributed by atoms with Crippen molar-refractivity contribution in [1.29, 1.82) is 0 Å². The second-order valence-corrected chi connectivity index (χ2v) is 4.75. The largest absolute Gasteiger partial charge is 0.477 e. The monoisotopic (exact) mass is 265 g/mol. The fourth-order valence-corrected chi connectivity index (χ4v) is 2.10. The second-order valence-electron chi connectivity index (χ2n) is 4.75. The highest BCUT2D eigenvalue weighted by Crippen LogP contribution is 2.32. The first kappa shape index (κ1) is 13.3. The van der Waals surface area contributed by atoms with Gasteiger partial charge in [0, 0.05) is 12.1 Å². The quantitative estimate of drug-likeness (QED) is 0.625. The highest BCUT2D eigenvalue weighted by atomic mass is 16.6. The Morgan fingerprint density at radius 2 is 2.26 bits per heavy atom. The maximum absolute atomic E-state index is 10.9. The second kappa shape index (κ2) is 5.21. The number of nitrogens with zero attached hydrogens (tertiary/aromatic N) is 2. The number of anilines is 1. The van der Waals surface area contributed by atoms with Crippen LogP contribution in [0.3, 0.4) is 0 Å². The molecule has 0 radical (unpaired) electrons. The van der Waals surface area contributed by atoms with Crippen LogP contribution >= 0.6 is 0 Å². The number of nitro groups is 1. The van der Waals surface area contributed by atoms with E-state index in [4.69, 9.17) is 5.11 Å². The molecular weight excluding hydrogens is 250 g/mol. The van der Waals surface area contributed by atoms with E-state index in [1.165, 1.54) is 12.5 Å². The van der Waals surface area contributed by atoms with Crippen LogP contribution in [0, 0.1) is 16.0 Å². The van der Waals surface area contributed by atoms with Gasteiger partial charge in [-0.15, -0.1) is 0 Å². The minimum absolute atomic E-state index is 0.0318. The van der Waals surface area contributed by atoms with Crippen molar-refractivity contribution in [2.75, 3.05) is 5.32 Å². The van der Waals surface area contributed by atoms with Crippen LogP contribution in [0.1, 0.15) is 36.7 Å². The normalized spacial score (nSPS) is 16.5. The van der Waals surface area contributed by atoms with Gasteiger partial charge in [0.15, 0.2) is 5.69 Å². The third-order valence-corrected chi connectivity index (χ3v) is 3.51. The Balaban J connectivity index is 2.26. The summed E-state index contributed by atoms with van der Waals surface area (Å²) in [5, 5.41) is 22.8. The van der Waals surface area contributed by atoms with Crippen LogP contribution < -0.4 is 5.32 Å². The molecule has 0 spiro atoms. The van der Waals surface area contributed by atoms with E-state index < -0.39 is 10.9 Å². The van der Waals surface area contributed by atoms with Crippen molar-refractivity contribution >= 4 is 17.5 Å². The summed E-state index contributed by atoms with van der Waals surface area (Å²) in [5.74, 6) is -0.701. The lowest BCUT2D eigenvalue weighted by Crippen LogP contribution is -2.31. The summed E-state index contributed by atoms with van der Waals surface area (Å²) >= 11 is 0. The predicted molar refractivity (Wildman–Crippen MR) is 68.3 cm³/mol. The summed E-state index contributed by atoms with van der Waals surface area (Å²) in [5.41, 5.74) is -0.398. The van der Waals surface area contributed by atoms with Gasteiger partial charge in [0.1, 0.15) is 0 Å². The molecule has 0 bridgehead atoms. The smallest absolute Gasteiger partial charge is 0.354 e. The van der Waals surface area contributed by atoms with Crippen LogP contribution in [0.15, 0.2) is 12.1 Å². The number of carboxylic acid groups (broad SMARTS) is 1. The molecule has 19 heavy (non-hydrogen) atoms. The summed E-state index contributed by atoms with van der Waals surface area (Å²) in [7, 11) is 0. The van der Waals surface area contributed by atoms with Crippen LogP contribution in [0.5, 0.6) is 0 Å². The van der Waals surface area contributed by atoms with E-state index in [1.54, 1.807) is 0 Å². The molecule has 1 atom stereocenters. The Hall–Kier alpha value is -2.18. The van der Waals surface area contributed by atoms with Gasteiger partial charge in [-0.25, -0.2) is 9.78 Å². The van der Waals surface area contributed by atoms with Gasteiger partial charge in [0.2, 0.25) is 5.82 Å². The van der Waals surface area contributed by atoms with Gasteiger partial charge in [-0.1, -0.05) is 6.42 Å².